The molecule has 7 N–H and O–H groups in total. The number of ether oxygens (including phenoxy) is 2. The van der Waals surface area contributed by atoms with Crippen molar-refractivity contribution in [3.8, 4) is 22.8 Å². The summed E-state index contributed by atoms with van der Waals surface area (Å²) in [7, 11) is 0. The first-order chi connectivity index (χ1) is 34.5. The van der Waals surface area contributed by atoms with E-state index in [2.05, 4.69) is 47.0 Å². The zero-order valence-electron chi connectivity index (χ0n) is 40.5. The summed E-state index contributed by atoms with van der Waals surface area (Å²) in [6, 6.07) is 16.3. The van der Waals surface area contributed by atoms with Crippen molar-refractivity contribution >= 4 is 73.6 Å². The van der Waals surface area contributed by atoms with Crippen LogP contribution in [0.5, 0.6) is 11.5 Å². The molecule has 2 fully saturated rings. The van der Waals surface area contributed by atoms with Crippen molar-refractivity contribution in [2.45, 2.75) is 52.5 Å². The fourth-order valence-electron chi connectivity index (χ4n) is 8.40. The van der Waals surface area contributed by atoms with Gasteiger partial charge in [0.25, 0.3) is 17.7 Å². The monoisotopic (exact) mass is 1000 g/mol. The zero-order valence-corrected chi connectivity index (χ0v) is 41.3. The molecule has 5 heterocycles. The maximum atomic E-state index is 13.3. The summed E-state index contributed by atoms with van der Waals surface area (Å²) >= 11 is 1.57. The Morgan fingerprint density at radius 1 is 0.958 bits per heavy atom. The third-order valence-corrected chi connectivity index (χ3v) is 13.5. The van der Waals surface area contributed by atoms with Crippen LogP contribution in [0.15, 0.2) is 96.0 Å². The number of thiazole rings is 1. The second-order valence-corrected chi connectivity index (χ2v) is 19.8. The van der Waals surface area contributed by atoms with Crippen molar-refractivity contribution in [2.75, 3.05) is 70.9 Å². The van der Waals surface area contributed by atoms with Gasteiger partial charge in [-0.2, -0.15) is 4.99 Å². The van der Waals surface area contributed by atoms with Crippen molar-refractivity contribution in [1.29, 1.82) is 0 Å². The number of aliphatic imine (C=N–C) groups is 1. The van der Waals surface area contributed by atoms with Crippen LogP contribution in [-0.4, -0.2) is 142 Å². The Morgan fingerprint density at radius 2 is 1.68 bits per heavy atom. The summed E-state index contributed by atoms with van der Waals surface area (Å²) < 4.78 is 14.9. The highest BCUT2D eigenvalue weighted by atomic mass is 32.1. The van der Waals surface area contributed by atoms with Gasteiger partial charge in [0.15, 0.2) is 11.6 Å². The maximum Gasteiger partial charge on any atom is 0.347 e. The number of piperidine rings is 1. The average Bonchev–Trinajstić information content (AvgIpc) is 3.98. The van der Waals surface area contributed by atoms with Crippen molar-refractivity contribution in [3.05, 3.63) is 102 Å². The number of aliphatic hydroxyl groups is 1. The molecule has 3 aliphatic rings. The lowest BCUT2D eigenvalue weighted by atomic mass is 9.93. The number of carbonyl (C=O) groups is 6. The number of allylic oxidation sites excluding steroid dienone is 2. The van der Waals surface area contributed by atoms with Gasteiger partial charge in [0, 0.05) is 80.4 Å². The SMILES string of the molecule is C=C1CCC(N2C(=O)c3cccc(OCC(=O)NCCCCNC(=O)CN4CCN(CCOc5ccc6c(c5)sc5nc(-c7ccc(NC(=O)N=C(N)/C=C(\O)C(C)(C)C)cc7)cn56)CC4)c3C2=O)C(=O)N1. The molecule has 5 aromatic rings. The normalized spacial score (nSPS) is 17.0. The number of imidazole rings is 1. The van der Waals surface area contributed by atoms with Crippen LogP contribution in [0.2, 0.25) is 0 Å². The number of piperazine rings is 1. The van der Waals surface area contributed by atoms with Gasteiger partial charge in [0.2, 0.25) is 11.8 Å². The Labute approximate surface area is 419 Å². The fourth-order valence-corrected chi connectivity index (χ4v) is 9.44. The molecule has 8 rings (SSSR count). The van der Waals surface area contributed by atoms with E-state index >= 15 is 0 Å². The van der Waals surface area contributed by atoms with Crippen LogP contribution in [0.25, 0.3) is 26.4 Å². The molecule has 0 spiro atoms. The van der Waals surface area contributed by atoms with Crippen LogP contribution in [-0.2, 0) is 14.4 Å². The Balaban J connectivity index is 0.686. The van der Waals surface area contributed by atoms with E-state index < -0.39 is 41.1 Å². The van der Waals surface area contributed by atoms with Crippen LogP contribution >= 0.6 is 11.3 Å². The second kappa shape index (κ2) is 22.2. The van der Waals surface area contributed by atoms with E-state index in [4.69, 9.17) is 20.2 Å². The number of aliphatic hydroxyl groups excluding tert-OH is 1. The fraction of sp³-hybridized carbons (Fsp3) is 0.373. The van der Waals surface area contributed by atoms with E-state index in [1.165, 1.54) is 18.2 Å². The number of nitrogens with two attached hydrogens (primary N) is 1. The molecule has 3 aromatic carbocycles. The first-order valence-electron chi connectivity index (χ1n) is 23.8. The third kappa shape index (κ3) is 12.3. The molecule has 0 bridgehead atoms. The van der Waals surface area contributed by atoms with Crippen LogP contribution in [0.4, 0.5) is 10.5 Å². The minimum Gasteiger partial charge on any atom is -0.512 e. The van der Waals surface area contributed by atoms with Crippen LogP contribution in [0, 0.1) is 5.41 Å². The van der Waals surface area contributed by atoms with Gasteiger partial charge in [-0.15, -0.1) is 0 Å². The summed E-state index contributed by atoms with van der Waals surface area (Å²) in [5.74, 6) is -1.33. The molecule has 7 amide bonds. The van der Waals surface area contributed by atoms with Gasteiger partial charge in [0.05, 0.1) is 33.6 Å². The highest BCUT2D eigenvalue weighted by Crippen LogP contribution is 2.35. The molecule has 1 unspecified atom stereocenters. The lowest BCUT2D eigenvalue weighted by Crippen LogP contribution is -2.51. The number of amidine groups is 1. The largest absolute Gasteiger partial charge is 0.512 e. The zero-order chi connectivity index (χ0) is 51.1. The van der Waals surface area contributed by atoms with Crippen molar-refractivity contribution in [2.24, 2.45) is 16.1 Å². The molecular formula is C51H59N11O9S. The number of carbonyl (C=O) groups excluding carboxylic acids is 6. The molecule has 2 saturated heterocycles. The van der Waals surface area contributed by atoms with Crippen molar-refractivity contribution < 1.29 is 43.3 Å². The lowest BCUT2D eigenvalue weighted by Gasteiger charge is -2.34. The van der Waals surface area contributed by atoms with Gasteiger partial charge in [-0.25, -0.2) is 9.78 Å². The quantitative estimate of drug-likeness (QED) is 0.0221. The number of nitrogens with zero attached hydrogens (tertiary/aromatic N) is 6. The van der Waals surface area contributed by atoms with Gasteiger partial charge >= 0.3 is 6.03 Å². The summed E-state index contributed by atoms with van der Waals surface area (Å²) in [5, 5.41) is 21.2. The first-order valence-corrected chi connectivity index (χ1v) is 24.6. The molecule has 1 atom stereocenters. The van der Waals surface area contributed by atoms with Crippen LogP contribution in [0.1, 0.15) is 67.2 Å². The van der Waals surface area contributed by atoms with E-state index in [-0.39, 0.29) is 47.4 Å². The Bertz CT molecular complexity index is 2970. The smallest absolute Gasteiger partial charge is 0.347 e. The van der Waals surface area contributed by atoms with E-state index in [0.29, 0.717) is 56.9 Å². The molecule has 0 saturated carbocycles. The molecule has 72 heavy (non-hydrogen) atoms. The average molecular weight is 1000 g/mol. The number of amides is 7. The molecular weight excluding hydrogens is 943 g/mol. The lowest BCUT2D eigenvalue weighted by molar-refractivity contribution is -0.125. The van der Waals surface area contributed by atoms with Gasteiger partial charge < -0.3 is 41.6 Å². The van der Waals surface area contributed by atoms with Crippen molar-refractivity contribution in [3.63, 3.8) is 0 Å². The number of rotatable bonds is 18. The number of hydrogen-bond acceptors (Lipinski definition) is 13. The van der Waals surface area contributed by atoms with Gasteiger partial charge in [-0.05, 0) is 68.1 Å². The number of imide groups is 1. The molecule has 2 aromatic heterocycles. The molecule has 3 aliphatic heterocycles. The number of anilines is 1. The predicted molar refractivity (Wildman–Crippen MR) is 273 cm³/mol. The number of urea groups is 1. The number of fused-ring (bicyclic) bond motifs is 4. The highest BCUT2D eigenvalue weighted by Gasteiger charge is 2.45. The summed E-state index contributed by atoms with van der Waals surface area (Å²) in [6.07, 6.45) is 5.28. The number of benzene rings is 3. The predicted octanol–water partition coefficient (Wildman–Crippen LogP) is 5.07. The molecule has 0 aliphatic carbocycles. The van der Waals surface area contributed by atoms with Gasteiger partial charge in [0.1, 0.15) is 35.7 Å². The summed E-state index contributed by atoms with van der Waals surface area (Å²) in [6.45, 7) is 14.5. The minimum absolute atomic E-state index is 0.0249. The minimum atomic E-state index is -0.950. The highest BCUT2D eigenvalue weighted by molar-refractivity contribution is 7.23. The van der Waals surface area contributed by atoms with Gasteiger partial charge in [-0.1, -0.05) is 56.9 Å². The van der Waals surface area contributed by atoms with E-state index in [9.17, 15) is 33.9 Å². The Hall–Kier alpha value is -7.62. The summed E-state index contributed by atoms with van der Waals surface area (Å²) in [4.78, 5) is 91.5. The van der Waals surface area contributed by atoms with Crippen molar-refractivity contribution in [1.82, 2.24) is 40.0 Å². The first kappa shape index (κ1) is 50.8. The number of unbranched alkanes of at least 4 members (excludes halogenated alkanes) is 1. The molecule has 378 valence electrons. The molecule has 0 radical (unpaired) electrons. The molecule has 20 nitrogen and oxygen atoms in total. The summed E-state index contributed by atoms with van der Waals surface area (Å²) in [5.41, 5.74) is 9.22. The number of aromatic nitrogens is 2. The maximum absolute atomic E-state index is 13.3. The number of hydrogen-bond donors (Lipinski definition) is 6. The molecule has 21 heteroatoms. The van der Waals surface area contributed by atoms with E-state index in [1.54, 1.807) is 29.5 Å². The van der Waals surface area contributed by atoms with Gasteiger partial charge in [-0.3, -0.25) is 43.1 Å². The van der Waals surface area contributed by atoms with Crippen LogP contribution in [0.3, 0.4) is 0 Å². The van der Waals surface area contributed by atoms with E-state index in [1.807, 2.05) is 57.3 Å². The Kier molecular flexibility index (Phi) is 15.7. The third-order valence-electron chi connectivity index (χ3n) is 12.4. The van der Waals surface area contributed by atoms with E-state index in [0.717, 1.165) is 69.8 Å². The number of nitrogens with one attached hydrogen (secondary N) is 4. The Morgan fingerprint density at radius 3 is 2.40 bits per heavy atom. The topological polar surface area (TPSA) is 255 Å². The second-order valence-electron chi connectivity index (χ2n) is 18.8. The van der Waals surface area contributed by atoms with Crippen LogP contribution < -0.4 is 36.5 Å². The standard InChI is InChI=1S/C51H59N11O9S/c1-31-10-16-38(46(66)55-31)62-47(67)35-8-7-9-39(45(35)48(62)68)71-30-44(65)54-19-6-5-18-53-43(64)29-60-22-20-59(21-23-60)24-25-70-34-15-17-37-40(26-34)72-50-57-36(28-61(37)50)32-11-13-33(14-12-32)56-49(69)58-42(52)27-41(63)51(2,3)4/h7-9,11-15,17,26-28,38,63H,1,5-6,10,16,18-25,29-30H2,2-4H3,(H,53,64)(H,54,65)(H,55,66)(H3,52,56,58,69)/b41-27-.